The van der Waals surface area contributed by atoms with E-state index in [1.54, 1.807) is 13.1 Å². The average Bonchev–Trinajstić information content (AvgIpc) is 4.05. The van der Waals surface area contributed by atoms with E-state index in [9.17, 15) is 0 Å². The Labute approximate surface area is 440 Å². The molecule has 0 fully saturated rings. The Balaban J connectivity index is 0.000000771. The molecule has 8 heteroatoms. The molecule has 0 aliphatic rings. The Kier molecular flexibility index (Phi) is 35.0. The molecule has 0 unspecified atom stereocenters. The molecule has 0 aliphatic heterocycles. The number of aryl methyl sites for hydroxylation is 4. The number of hydrogen-bond acceptors (Lipinski definition) is 0. The van der Waals surface area contributed by atoms with Gasteiger partial charge in [-0.15, -0.1) is 138 Å². The van der Waals surface area contributed by atoms with Crippen LogP contribution in [0.4, 0.5) is 0 Å². The molecule has 0 aromatic heterocycles. The Morgan fingerprint density at radius 2 is 0.554 bits per heavy atom. The third-order valence-corrected chi connectivity index (χ3v) is 10.2. The van der Waals surface area contributed by atoms with Crippen molar-refractivity contribution in [2.45, 2.75) is 126 Å². The summed E-state index contributed by atoms with van der Waals surface area (Å²) in [6.07, 6.45) is 0.750. The minimum absolute atomic E-state index is 0.616. The van der Waals surface area contributed by atoms with Gasteiger partial charge < -0.3 is 20.3 Å². The van der Waals surface area contributed by atoms with Crippen molar-refractivity contribution < 1.29 is 41.7 Å². The van der Waals surface area contributed by atoms with Gasteiger partial charge >= 0.3 is 75.7 Å². The number of halogens is 4. The summed E-state index contributed by atoms with van der Waals surface area (Å²) >= 11 is -1.65. The Hall–Kier alpha value is -1.32. The fraction of sp³-hybridized carbons (Fsp3) is 0.333. The van der Waals surface area contributed by atoms with Crippen LogP contribution < -0.4 is 0 Å². The van der Waals surface area contributed by atoms with Gasteiger partial charge in [-0.3, -0.25) is 0 Å². The Bertz CT molecular complexity index is 2110. The SMILES string of the molecule is C[Si].C[Si].Cc1cc2c(C(C)C)cccc2[cH-]1.Cc1cc2c(C(C)C)cccc2[cH-]1.Cc1cc2c(C(C)C)cccc2[cH-]1.Cc1cc2c(C(C)C)cccc2[cH-]1.[CH2-]C[CH2-].[Cl][Zr][Cl].[Cl][Zr][Cl]. The van der Waals surface area contributed by atoms with Gasteiger partial charge in [-0.25, -0.2) is 0 Å². The van der Waals surface area contributed by atoms with Crippen molar-refractivity contribution in [3.8, 4) is 0 Å². The summed E-state index contributed by atoms with van der Waals surface area (Å²) in [5, 5.41) is 11.2. The van der Waals surface area contributed by atoms with Crippen LogP contribution in [0.15, 0.2) is 121 Å². The summed E-state index contributed by atoms with van der Waals surface area (Å²) in [6, 6.07) is 44.4. The molecule has 8 aromatic rings. The van der Waals surface area contributed by atoms with Crippen molar-refractivity contribution in [2.24, 2.45) is 0 Å². The van der Waals surface area contributed by atoms with E-state index in [4.69, 9.17) is 34.1 Å². The number of fused-ring (bicyclic) bond motifs is 4. The maximum atomic E-state index is 4.93. The summed E-state index contributed by atoms with van der Waals surface area (Å²) in [5.74, 6) is 2.46. The molecular formula is C57H72Cl4Si2Zr2-6. The van der Waals surface area contributed by atoms with Crippen molar-refractivity contribution in [1.82, 2.24) is 0 Å². The van der Waals surface area contributed by atoms with Crippen molar-refractivity contribution in [3.05, 3.63) is 180 Å². The van der Waals surface area contributed by atoms with Crippen molar-refractivity contribution in [2.75, 3.05) is 0 Å². The second-order valence-electron chi connectivity index (χ2n) is 16.6. The second kappa shape index (κ2) is 35.7. The van der Waals surface area contributed by atoms with Gasteiger partial charge in [-0.1, -0.05) is 143 Å². The van der Waals surface area contributed by atoms with Crippen LogP contribution in [0.1, 0.15) is 130 Å². The summed E-state index contributed by atoms with van der Waals surface area (Å²) in [7, 11) is 25.7. The van der Waals surface area contributed by atoms with E-state index < -0.39 is 41.7 Å². The predicted octanol–water partition coefficient (Wildman–Crippen LogP) is 20.2. The van der Waals surface area contributed by atoms with Crippen LogP contribution in [-0.4, -0.2) is 20.5 Å². The van der Waals surface area contributed by atoms with E-state index in [1.807, 2.05) is 0 Å². The molecule has 0 saturated carbocycles. The minimum atomic E-state index is -0.826. The van der Waals surface area contributed by atoms with Crippen LogP contribution in [-0.2, 0) is 41.7 Å². The van der Waals surface area contributed by atoms with Gasteiger partial charge in [0.25, 0.3) is 0 Å². The molecule has 0 aliphatic carbocycles. The van der Waals surface area contributed by atoms with Crippen molar-refractivity contribution in [1.29, 1.82) is 0 Å². The first-order chi connectivity index (χ1) is 31.0. The molecule has 0 heterocycles. The van der Waals surface area contributed by atoms with Gasteiger partial charge in [-0.2, -0.15) is 24.3 Å². The van der Waals surface area contributed by atoms with Gasteiger partial charge in [0.15, 0.2) is 0 Å². The molecule has 0 saturated heterocycles. The molecule has 0 spiro atoms. The fourth-order valence-corrected chi connectivity index (χ4v) is 7.65. The summed E-state index contributed by atoms with van der Waals surface area (Å²) in [6.45, 7) is 37.0. The Morgan fingerprint density at radius 3 is 0.692 bits per heavy atom. The van der Waals surface area contributed by atoms with Crippen LogP contribution in [0.25, 0.3) is 43.1 Å². The molecule has 0 nitrogen and oxygen atoms in total. The quantitative estimate of drug-likeness (QED) is 0.122. The molecule has 6 radical (unpaired) electrons. The molecule has 0 N–H and O–H groups in total. The number of hydrogen-bond donors (Lipinski definition) is 0. The fourth-order valence-electron chi connectivity index (χ4n) is 7.65. The monoisotopic (exact) mass is 1130 g/mol. The van der Waals surface area contributed by atoms with Gasteiger partial charge in [-0.05, 0) is 23.7 Å². The second-order valence-corrected chi connectivity index (χ2v) is 24.1. The van der Waals surface area contributed by atoms with Gasteiger partial charge in [0.1, 0.15) is 0 Å². The number of benzene rings is 4. The van der Waals surface area contributed by atoms with E-state index in [0.717, 1.165) is 6.42 Å². The number of rotatable bonds is 4. The van der Waals surface area contributed by atoms with Gasteiger partial charge in [0, 0.05) is 20.5 Å². The van der Waals surface area contributed by atoms with Crippen LogP contribution in [0.2, 0.25) is 13.1 Å². The zero-order valence-electron chi connectivity index (χ0n) is 41.5. The first kappa shape index (κ1) is 63.7. The standard InChI is InChI=1S/4C13H15.C3H6.2CH3Si.4ClH.2Zr/c4*1-9(2)12-6-4-5-11-7-10(3)8-13(11)12;1-3-2;2*1-2;;;;;;/h4*4-9H,1-3H3;1-3H2;2*1H3;4*1H;;/q4*-1;-2;;;;;;;2*+2/p-4. The molecule has 8 aromatic carbocycles. The third kappa shape index (κ3) is 21.9. The van der Waals surface area contributed by atoms with E-state index in [1.165, 1.54) is 87.6 Å². The molecule has 0 atom stereocenters. The van der Waals surface area contributed by atoms with Crippen molar-refractivity contribution >= 4 is 97.6 Å². The third-order valence-electron chi connectivity index (χ3n) is 10.2. The summed E-state index contributed by atoms with van der Waals surface area (Å²) < 4.78 is 0. The molecule has 0 bridgehead atoms. The first-order valence-corrected chi connectivity index (χ1v) is 36.8. The maximum absolute atomic E-state index is 4.93. The van der Waals surface area contributed by atoms with Crippen LogP contribution in [0.5, 0.6) is 0 Å². The van der Waals surface area contributed by atoms with E-state index >= 15 is 0 Å². The van der Waals surface area contributed by atoms with Gasteiger partial charge in [0.05, 0.1) is 0 Å². The Morgan fingerprint density at radius 1 is 0.400 bits per heavy atom. The van der Waals surface area contributed by atoms with E-state index in [0.29, 0.717) is 23.7 Å². The molecule has 350 valence electrons. The average molecular weight is 1140 g/mol. The molecular weight excluding hydrogens is 1070 g/mol. The predicted molar refractivity (Wildman–Crippen MR) is 295 cm³/mol. The van der Waals surface area contributed by atoms with E-state index in [2.05, 4.69) is 239 Å². The molecule has 0 amide bonds. The van der Waals surface area contributed by atoms with E-state index in [-0.39, 0.29) is 0 Å². The van der Waals surface area contributed by atoms with Crippen molar-refractivity contribution in [3.63, 3.8) is 0 Å². The van der Waals surface area contributed by atoms with Crippen LogP contribution in [0, 0.1) is 41.5 Å². The normalized spacial score (nSPS) is 10.0. The zero-order valence-corrected chi connectivity index (χ0v) is 51.4. The molecule has 65 heavy (non-hydrogen) atoms. The van der Waals surface area contributed by atoms with Crippen LogP contribution in [0.3, 0.4) is 0 Å². The zero-order chi connectivity index (χ0) is 49.8. The molecule has 8 rings (SSSR count). The topological polar surface area (TPSA) is 0 Å². The van der Waals surface area contributed by atoms with Crippen LogP contribution >= 0.6 is 34.1 Å². The summed E-state index contributed by atoms with van der Waals surface area (Å²) in [4.78, 5) is 0. The van der Waals surface area contributed by atoms with Gasteiger partial charge in [0.2, 0.25) is 0 Å². The first-order valence-electron chi connectivity index (χ1n) is 22.1. The summed E-state index contributed by atoms with van der Waals surface area (Å²) in [5.41, 5.74) is 11.3.